The molecule has 0 spiro atoms. The van der Waals surface area contributed by atoms with Crippen molar-refractivity contribution in [3.8, 4) is 11.1 Å². The fraction of sp³-hybridized carbons (Fsp3) is 0.111. The summed E-state index contributed by atoms with van der Waals surface area (Å²) in [4.78, 5) is 0. The van der Waals surface area contributed by atoms with Crippen molar-refractivity contribution in [2.75, 3.05) is 0 Å². The van der Waals surface area contributed by atoms with E-state index in [1.54, 1.807) is 0 Å². The van der Waals surface area contributed by atoms with Gasteiger partial charge < -0.3 is 0 Å². The molecule has 3 rings (SSSR count). The second-order valence-electron chi connectivity index (χ2n) is 4.39. The molecule has 3 aromatic rings. The van der Waals surface area contributed by atoms with Gasteiger partial charge in [0.05, 0.1) is 0 Å². The summed E-state index contributed by atoms with van der Waals surface area (Å²) < 4.78 is 0. The van der Waals surface area contributed by atoms with Crippen molar-refractivity contribution in [3.63, 3.8) is 0 Å². The molecule has 0 saturated carbocycles. The first kappa shape index (κ1) is 12.4. The van der Waals surface area contributed by atoms with Crippen molar-refractivity contribution in [2.24, 2.45) is 0 Å². The molecular weight excluding hydrogens is 216 g/mol. The lowest BCUT2D eigenvalue weighted by Crippen LogP contribution is -1.81. The molecule has 0 aliphatic heterocycles. The van der Waals surface area contributed by atoms with E-state index < -0.39 is 0 Å². The van der Waals surface area contributed by atoms with Crippen LogP contribution < -0.4 is 0 Å². The average Bonchev–Trinajstić information content (AvgIpc) is 2.39. The Bertz CT molecular complexity index is 643. The summed E-state index contributed by atoms with van der Waals surface area (Å²) in [7, 11) is 0. The van der Waals surface area contributed by atoms with Crippen LogP contribution in [-0.4, -0.2) is 0 Å². The molecule has 3 aromatic carbocycles. The Kier molecular flexibility index (Phi) is 3.47. The molecule has 0 nitrogen and oxygen atoms in total. The fourth-order valence-electron chi connectivity index (χ4n) is 2.21. The summed E-state index contributed by atoms with van der Waals surface area (Å²) in [5.41, 5.74) is 3.89. The molecule has 0 amide bonds. The van der Waals surface area contributed by atoms with Crippen molar-refractivity contribution >= 4 is 10.8 Å². The van der Waals surface area contributed by atoms with E-state index >= 15 is 0 Å². The molecule has 90 valence electrons. The first-order chi connectivity index (χ1) is 8.34. The predicted octanol–water partition coefficient (Wildman–Crippen LogP) is 5.45. The van der Waals surface area contributed by atoms with Crippen LogP contribution in [0.15, 0.2) is 66.7 Å². The maximum atomic E-state index is 2.19. The lowest BCUT2D eigenvalue weighted by molar-refractivity contribution is 1.47. The van der Waals surface area contributed by atoms with Crippen LogP contribution in [0, 0.1) is 6.92 Å². The molecule has 0 fully saturated rings. The van der Waals surface area contributed by atoms with E-state index in [1.165, 1.54) is 27.5 Å². The van der Waals surface area contributed by atoms with E-state index in [1.807, 2.05) is 0 Å². The standard InChI is InChI=1S/C17H14.CH4/c1-13-9-11-15(12-10-13)17-8-4-6-14-5-2-3-7-16(14)17;/h2-12H,1H3;1H4. The molecule has 0 bridgehead atoms. The van der Waals surface area contributed by atoms with E-state index in [2.05, 4.69) is 73.7 Å². The largest absolute Gasteiger partial charge is 0.0776 e. The Labute approximate surface area is 109 Å². The monoisotopic (exact) mass is 234 g/mol. The van der Waals surface area contributed by atoms with Gasteiger partial charge in [-0.25, -0.2) is 0 Å². The van der Waals surface area contributed by atoms with Crippen LogP contribution in [0.3, 0.4) is 0 Å². The molecule has 18 heavy (non-hydrogen) atoms. The van der Waals surface area contributed by atoms with E-state index in [-0.39, 0.29) is 7.43 Å². The zero-order chi connectivity index (χ0) is 11.7. The molecule has 0 heterocycles. The lowest BCUT2D eigenvalue weighted by atomic mass is 9.98. The van der Waals surface area contributed by atoms with Crippen LogP contribution in [0.5, 0.6) is 0 Å². The molecule has 0 atom stereocenters. The van der Waals surface area contributed by atoms with E-state index in [9.17, 15) is 0 Å². The van der Waals surface area contributed by atoms with Gasteiger partial charge in [0, 0.05) is 0 Å². The minimum absolute atomic E-state index is 0. The maximum Gasteiger partial charge on any atom is -0.0105 e. The Morgan fingerprint density at radius 1 is 0.667 bits per heavy atom. The molecule has 0 aliphatic carbocycles. The SMILES string of the molecule is C.Cc1ccc(-c2cccc3ccccc23)cc1. The van der Waals surface area contributed by atoms with Gasteiger partial charge in [-0.15, -0.1) is 0 Å². The topological polar surface area (TPSA) is 0 Å². The molecular formula is C18H18. The van der Waals surface area contributed by atoms with Crippen LogP contribution in [0.25, 0.3) is 21.9 Å². The van der Waals surface area contributed by atoms with Gasteiger partial charge in [0.25, 0.3) is 0 Å². The molecule has 0 unspecified atom stereocenters. The average molecular weight is 234 g/mol. The smallest absolute Gasteiger partial charge is 0.0105 e. The summed E-state index contributed by atoms with van der Waals surface area (Å²) in [5.74, 6) is 0. The summed E-state index contributed by atoms with van der Waals surface area (Å²) >= 11 is 0. The number of rotatable bonds is 1. The highest BCUT2D eigenvalue weighted by Gasteiger charge is 2.02. The van der Waals surface area contributed by atoms with Gasteiger partial charge in [-0.3, -0.25) is 0 Å². The molecule has 0 N–H and O–H groups in total. The van der Waals surface area contributed by atoms with Crippen LogP contribution in [0.2, 0.25) is 0 Å². The van der Waals surface area contributed by atoms with E-state index in [4.69, 9.17) is 0 Å². The van der Waals surface area contributed by atoms with Crippen molar-refractivity contribution in [1.29, 1.82) is 0 Å². The summed E-state index contributed by atoms with van der Waals surface area (Å²) in [6.07, 6.45) is 0. The van der Waals surface area contributed by atoms with Gasteiger partial charge in [0.15, 0.2) is 0 Å². The van der Waals surface area contributed by atoms with Gasteiger partial charge in [-0.05, 0) is 28.8 Å². The van der Waals surface area contributed by atoms with Gasteiger partial charge in [-0.2, -0.15) is 0 Å². The van der Waals surface area contributed by atoms with Crippen molar-refractivity contribution < 1.29 is 0 Å². The molecule has 0 aromatic heterocycles. The maximum absolute atomic E-state index is 2.19. The highest BCUT2D eigenvalue weighted by molar-refractivity contribution is 5.96. The second kappa shape index (κ2) is 5.05. The minimum atomic E-state index is 0. The number of hydrogen-bond donors (Lipinski definition) is 0. The van der Waals surface area contributed by atoms with Crippen LogP contribution in [0.4, 0.5) is 0 Å². The number of fused-ring (bicyclic) bond motifs is 1. The first-order valence-electron chi connectivity index (χ1n) is 5.89. The zero-order valence-electron chi connectivity index (χ0n) is 9.85. The van der Waals surface area contributed by atoms with Gasteiger partial charge in [0.1, 0.15) is 0 Å². The van der Waals surface area contributed by atoms with E-state index in [0.29, 0.717) is 0 Å². The minimum Gasteiger partial charge on any atom is -0.0776 e. The molecule has 0 heteroatoms. The van der Waals surface area contributed by atoms with Gasteiger partial charge in [0.2, 0.25) is 0 Å². The second-order valence-corrected chi connectivity index (χ2v) is 4.39. The third-order valence-electron chi connectivity index (χ3n) is 3.15. The van der Waals surface area contributed by atoms with Crippen molar-refractivity contribution in [2.45, 2.75) is 14.4 Å². The number of benzene rings is 3. The predicted molar refractivity (Wildman–Crippen MR) is 80.9 cm³/mol. The summed E-state index contributed by atoms with van der Waals surface area (Å²) in [6.45, 7) is 2.12. The third-order valence-corrected chi connectivity index (χ3v) is 3.15. The van der Waals surface area contributed by atoms with Crippen molar-refractivity contribution in [1.82, 2.24) is 0 Å². The fourth-order valence-corrected chi connectivity index (χ4v) is 2.21. The lowest BCUT2D eigenvalue weighted by Gasteiger charge is -2.07. The van der Waals surface area contributed by atoms with Crippen molar-refractivity contribution in [3.05, 3.63) is 72.3 Å². The van der Waals surface area contributed by atoms with Gasteiger partial charge >= 0.3 is 0 Å². The van der Waals surface area contributed by atoms with E-state index in [0.717, 1.165) is 0 Å². The number of aryl methyl sites for hydroxylation is 1. The Morgan fingerprint density at radius 2 is 1.33 bits per heavy atom. The quantitative estimate of drug-likeness (QED) is 0.525. The summed E-state index contributed by atoms with van der Waals surface area (Å²) in [6, 6.07) is 23.7. The third kappa shape index (κ3) is 2.14. The molecule has 0 saturated heterocycles. The number of hydrogen-bond acceptors (Lipinski definition) is 0. The highest BCUT2D eigenvalue weighted by atomic mass is 14.1. The normalized spacial score (nSPS) is 10.1. The van der Waals surface area contributed by atoms with Crippen LogP contribution in [0.1, 0.15) is 13.0 Å². The molecule has 0 aliphatic rings. The zero-order valence-corrected chi connectivity index (χ0v) is 9.85. The Morgan fingerprint density at radius 3 is 2.11 bits per heavy atom. The van der Waals surface area contributed by atoms with Crippen LogP contribution >= 0.6 is 0 Å². The highest BCUT2D eigenvalue weighted by Crippen LogP contribution is 2.28. The Balaban J connectivity index is 0.00000120. The Hall–Kier alpha value is -2.08. The summed E-state index contributed by atoms with van der Waals surface area (Å²) in [5, 5.41) is 2.62. The van der Waals surface area contributed by atoms with Gasteiger partial charge in [-0.1, -0.05) is 79.7 Å². The van der Waals surface area contributed by atoms with Crippen LogP contribution in [-0.2, 0) is 0 Å². The first-order valence-corrected chi connectivity index (χ1v) is 5.89. The molecule has 0 radical (unpaired) electrons.